The van der Waals surface area contributed by atoms with Crippen molar-refractivity contribution in [2.45, 2.75) is 18.4 Å². The van der Waals surface area contributed by atoms with E-state index in [0.717, 1.165) is 11.3 Å². The number of benzene rings is 2. The Balaban J connectivity index is 1.78. The largest absolute Gasteiger partial charge is 0.336 e. The maximum Gasteiger partial charge on any atom is 0.276 e. The van der Waals surface area contributed by atoms with Gasteiger partial charge < -0.3 is 4.90 Å². The van der Waals surface area contributed by atoms with Crippen molar-refractivity contribution in [3.05, 3.63) is 70.5 Å². The molecular weight excluding hydrogens is 368 g/mol. The fraction of sp³-hybridized carbons (Fsp3) is 0.211. The molecule has 0 atom stereocenters. The maximum absolute atomic E-state index is 12.8. The zero-order valence-electron chi connectivity index (χ0n) is 14.8. The first kappa shape index (κ1) is 18.5. The number of hydrogen-bond acceptors (Lipinski definition) is 4. The van der Waals surface area contributed by atoms with Crippen LogP contribution in [0.25, 0.3) is 5.69 Å². The number of aryl methyl sites for hydroxylation is 1. The van der Waals surface area contributed by atoms with Crippen molar-refractivity contribution in [2.24, 2.45) is 0 Å². The number of thioether (sulfide) groups is 1. The molecule has 5 nitrogen and oxygen atoms in total. The molecule has 0 spiro atoms. The molecular formula is C19H19ClN4OS. The van der Waals surface area contributed by atoms with E-state index in [9.17, 15) is 4.79 Å². The first-order valence-corrected chi connectivity index (χ1v) is 9.66. The molecule has 0 aliphatic rings. The average Bonchev–Trinajstić information content (AvgIpc) is 3.03. The van der Waals surface area contributed by atoms with Crippen LogP contribution in [-0.4, -0.2) is 39.1 Å². The Morgan fingerprint density at radius 1 is 1.19 bits per heavy atom. The molecule has 0 radical (unpaired) electrons. The van der Waals surface area contributed by atoms with Crippen LogP contribution in [0.5, 0.6) is 0 Å². The molecule has 7 heteroatoms. The van der Waals surface area contributed by atoms with Crippen molar-refractivity contribution in [3.63, 3.8) is 0 Å². The van der Waals surface area contributed by atoms with Gasteiger partial charge in [0, 0.05) is 23.5 Å². The predicted octanol–water partition coefficient (Wildman–Crippen LogP) is 4.22. The molecule has 1 aromatic heterocycles. The third-order valence-electron chi connectivity index (χ3n) is 3.95. The van der Waals surface area contributed by atoms with Crippen LogP contribution >= 0.6 is 23.4 Å². The van der Waals surface area contributed by atoms with E-state index >= 15 is 0 Å². The highest BCUT2D eigenvalue weighted by Gasteiger charge is 2.20. The number of halogens is 1. The Kier molecular flexibility index (Phi) is 5.64. The molecule has 0 fully saturated rings. The van der Waals surface area contributed by atoms with Crippen LogP contribution in [-0.2, 0) is 6.54 Å². The third kappa shape index (κ3) is 4.08. The lowest BCUT2D eigenvalue weighted by Crippen LogP contribution is -2.27. The van der Waals surface area contributed by atoms with Crippen molar-refractivity contribution < 1.29 is 4.79 Å². The van der Waals surface area contributed by atoms with E-state index in [-0.39, 0.29) is 5.91 Å². The van der Waals surface area contributed by atoms with Gasteiger partial charge in [0.05, 0.1) is 11.4 Å². The van der Waals surface area contributed by atoms with Crippen LogP contribution in [0.3, 0.4) is 0 Å². The fourth-order valence-electron chi connectivity index (χ4n) is 2.55. The summed E-state index contributed by atoms with van der Waals surface area (Å²) in [5, 5.41) is 9.31. The highest BCUT2D eigenvalue weighted by atomic mass is 35.5. The van der Waals surface area contributed by atoms with Crippen LogP contribution in [0, 0.1) is 6.92 Å². The summed E-state index contributed by atoms with van der Waals surface area (Å²) in [5.74, 6) is -0.162. The van der Waals surface area contributed by atoms with Gasteiger partial charge in [0.2, 0.25) is 0 Å². The summed E-state index contributed by atoms with van der Waals surface area (Å²) in [6.45, 7) is 2.29. The lowest BCUT2D eigenvalue weighted by molar-refractivity contribution is 0.0778. The lowest BCUT2D eigenvalue weighted by atomic mass is 10.2. The minimum Gasteiger partial charge on any atom is -0.336 e. The Labute approximate surface area is 162 Å². The van der Waals surface area contributed by atoms with Gasteiger partial charge >= 0.3 is 0 Å². The molecule has 1 heterocycles. The second-order valence-electron chi connectivity index (χ2n) is 5.91. The topological polar surface area (TPSA) is 51.0 Å². The second kappa shape index (κ2) is 7.93. The minimum atomic E-state index is -0.162. The average molecular weight is 387 g/mol. The van der Waals surface area contributed by atoms with Gasteiger partial charge in [0.15, 0.2) is 5.69 Å². The maximum atomic E-state index is 12.8. The summed E-state index contributed by atoms with van der Waals surface area (Å²) < 4.78 is 0. The van der Waals surface area contributed by atoms with E-state index in [0.29, 0.717) is 23.0 Å². The molecule has 0 bridgehead atoms. The van der Waals surface area contributed by atoms with Gasteiger partial charge in [0.25, 0.3) is 5.91 Å². The number of rotatable bonds is 5. The summed E-state index contributed by atoms with van der Waals surface area (Å²) in [6, 6.07) is 15.4. The first-order valence-electron chi connectivity index (χ1n) is 8.06. The first-order chi connectivity index (χ1) is 12.5. The van der Waals surface area contributed by atoms with Gasteiger partial charge in [-0.1, -0.05) is 29.8 Å². The van der Waals surface area contributed by atoms with Crippen molar-refractivity contribution in [2.75, 3.05) is 13.3 Å². The van der Waals surface area contributed by atoms with Gasteiger partial charge in [-0.05, 0) is 49.1 Å². The molecule has 0 unspecified atom stereocenters. The van der Waals surface area contributed by atoms with Crippen molar-refractivity contribution >= 4 is 29.3 Å². The van der Waals surface area contributed by atoms with Gasteiger partial charge in [-0.3, -0.25) is 4.79 Å². The molecule has 26 heavy (non-hydrogen) atoms. The molecule has 3 aromatic rings. The summed E-state index contributed by atoms with van der Waals surface area (Å²) in [5.41, 5.74) is 2.71. The molecule has 0 saturated heterocycles. The SMILES string of the molecule is CSc1ccc(CN(C)C(=O)c2nn(-c3cccc(Cl)c3)nc2C)cc1. The smallest absolute Gasteiger partial charge is 0.276 e. The van der Waals surface area contributed by atoms with E-state index in [1.807, 2.05) is 30.5 Å². The van der Waals surface area contributed by atoms with E-state index in [2.05, 4.69) is 22.3 Å². The number of aromatic nitrogens is 3. The lowest BCUT2D eigenvalue weighted by Gasteiger charge is -2.16. The van der Waals surface area contributed by atoms with E-state index in [1.165, 1.54) is 9.69 Å². The van der Waals surface area contributed by atoms with Crippen LogP contribution in [0.15, 0.2) is 53.4 Å². The molecule has 1 amide bonds. The van der Waals surface area contributed by atoms with Crippen LogP contribution < -0.4 is 0 Å². The summed E-state index contributed by atoms with van der Waals surface area (Å²) in [7, 11) is 1.77. The summed E-state index contributed by atoms with van der Waals surface area (Å²) >= 11 is 7.71. The van der Waals surface area contributed by atoms with Gasteiger partial charge in [-0.25, -0.2) is 0 Å². The number of carbonyl (C=O) groups excluding carboxylic acids is 1. The number of hydrogen-bond donors (Lipinski definition) is 0. The zero-order chi connectivity index (χ0) is 18.7. The highest BCUT2D eigenvalue weighted by molar-refractivity contribution is 7.98. The monoisotopic (exact) mass is 386 g/mol. The third-order valence-corrected chi connectivity index (χ3v) is 4.93. The molecule has 3 rings (SSSR count). The molecule has 0 N–H and O–H groups in total. The van der Waals surface area contributed by atoms with Crippen molar-refractivity contribution in [1.29, 1.82) is 0 Å². The van der Waals surface area contributed by atoms with Gasteiger partial charge in [-0.15, -0.1) is 16.9 Å². The standard InChI is InChI=1S/C19H19ClN4OS/c1-13-18(22-24(21-13)16-6-4-5-15(20)11-16)19(25)23(2)12-14-7-9-17(26-3)10-8-14/h4-11H,12H2,1-3H3. The number of nitrogens with zero attached hydrogens (tertiary/aromatic N) is 4. The van der Waals surface area contributed by atoms with Crippen molar-refractivity contribution in [1.82, 2.24) is 19.9 Å². The van der Waals surface area contributed by atoms with Gasteiger partial charge in [-0.2, -0.15) is 9.90 Å². The molecule has 0 aliphatic carbocycles. The summed E-state index contributed by atoms with van der Waals surface area (Å²) in [6.07, 6.45) is 2.04. The Morgan fingerprint density at radius 3 is 2.58 bits per heavy atom. The predicted molar refractivity (Wildman–Crippen MR) is 105 cm³/mol. The van der Waals surface area contributed by atoms with Crippen LogP contribution in [0.1, 0.15) is 21.7 Å². The van der Waals surface area contributed by atoms with Crippen molar-refractivity contribution in [3.8, 4) is 5.69 Å². The highest BCUT2D eigenvalue weighted by Crippen LogP contribution is 2.17. The number of amides is 1. The van der Waals surface area contributed by atoms with Crippen LogP contribution in [0.2, 0.25) is 5.02 Å². The van der Waals surface area contributed by atoms with Crippen LogP contribution in [0.4, 0.5) is 0 Å². The Bertz CT molecular complexity index is 924. The summed E-state index contributed by atoms with van der Waals surface area (Å²) in [4.78, 5) is 17.1. The molecule has 0 aliphatic heterocycles. The van der Waals surface area contributed by atoms with E-state index < -0.39 is 0 Å². The molecule has 0 saturated carbocycles. The normalized spacial score (nSPS) is 10.8. The second-order valence-corrected chi connectivity index (χ2v) is 7.23. The molecule has 134 valence electrons. The number of carbonyl (C=O) groups is 1. The Hall–Kier alpha value is -2.31. The molecule has 2 aromatic carbocycles. The fourth-order valence-corrected chi connectivity index (χ4v) is 3.14. The Morgan fingerprint density at radius 2 is 1.92 bits per heavy atom. The minimum absolute atomic E-state index is 0.162. The van der Waals surface area contributed by atoms with Gasteiger partial charge in [0.1, 0.15) is 0 Å². The zero-order valence-corrected chi connectivity index (χ0v) is 16.4. The van der Waals surface area contributed by atoms with E-state index in [4.69, 9.17) is 11.6 Å². The van der Waals surface area contributed by atoms with E-state index in [1.54, 1.807) is 42.8 Å². The quantitative estimate of drug-likeness (QED) is 0.616.